The van der Waals surface area contributed by atoms with Gasteiger partial charge in [-0.2, -0.15) is 13.2 Å². The number of thiazole rings is 1. The molecule has 1 atom stereocenters. The zero-order chi connectivity index (χ0) is 27.8. The first-order valence-corrected chi connectivity index (χ1v) is 12.7. The van der Waals surface area contributed by atoms with Gasteiger partial charge in [-0.1, -0.05) is 42.5 Å². The van der Waals surface area contributed by atoms with Gasteiger partial charge in [0, 0.05) is 24.0 Å². The molecule has 3 aromatic carbocycles. The molecule has 1 aromatic heterocycles. The molecule has 3 N–H and O–H groups in total. The molecule has 39 heavy (non-hydrogen) atoms. The van der Waals surface area contributed by atoms with Gasteiger partial charge >= 0.3 is 6.18 Å². The van der Waals surface area contributed by atoms with Crippen molar-refractivity contribution in [3.05, 3.63) is 107 Å². The Morgan fingerprint density at radius 2 is 1.69 bits per heavy atom. The van der Waals surface area contributed by atoms with Crippen molar-refractivity contribution in [3.63, 3.8) is 0 Å². The molecule has 11 heteroatoms. The molecule has 0 radical (unpaired) electrons. The van der Waals surface area contributed by atoms with Gasteiger partial charge in [-0.25, -0.2) is 4.98 Å². The van der Waals surface area contributed by atoms with Gasteiger partial charge in [0.15, 0.2) is 5.13 Å². The number of nitrogens with one attached hydrogen (secondary N) is 3. The van der Waals surface area contributed by atoms with Gasteiger partial charge in [0.2, 0.25) is 5.91 Å². The van der Waals surface area contributed by atoms with E-state index in [2.05, 4.69) is 20.9 Å². The van der Waals surface area contributed by atoms with Crippen molar-refractivity contribution in [2.75, 3.05) is 12.4 Å². The van der Waals surface area contributed by atoms with Crippen LogP contribution in [0.15, 0.2) is 84.2 Å². The van der Waals surface area contributed by atoms with E-state index in [9.17, 15) is 22.8 Å². The summed E-state index contributed by atoms with van der Waals surface area (Å²) in [6.45, 7) is -0.128. The molecule has 4 aromatic rings. The van der Waals surface area contributed by atoms with Crippen LogP contribution in [0.3, 0.4) is 0 Å². The van der Waals surface area contributed by atoms with Crippen LogP contribution in [-0.2, 0) is 23.9 Å². The Hall–Kier alpha value is -4.38. The van der Waals surface area contributed by atoms with E-state index in [1.54, 1.807) is 24.6 Å². The van der Waals surface area contributed by atoms with E-state index in [4.69, 9.17) is 4.74 Å². The van der Waals surface area contributed by atoms with Crippen molar-refractivity contribution < 1.29 is 27.5 Å². The summed E-state index contributed by atoms with van der Waals surface area (Å²) < 4.78 is 44.3. The predicted octanol–water partition coefficient (Wildman–Crippen LogP) is 5.57. The molecule has 0 saturated carbocycles. The molecular formula is C28H25F3N4O3S. The molecule has 0 unspecified atom stereocenters. The Balaban J connectivity index is 1.44. The largest absolute Gasteiger partial charge is 0.497 e. The van der Waals surface area contributed by atoms with Gasteiger partial charge in [-0.3, -0.25) is 9.59 Å². The smallest absolute Gasteiger partial charge is 0.416 e. The SMILES string of the molecule is COc1ccc(Nc2nc(C(=O)N[C@@H](Cc3ccccc3)C(=O)NCc3cccc(C(F)(F)F)c3)cs2)cc1. The number of amides is 2. The van der Waals surface area contributed by atoms with Crippen molar-refractivity contribution >= 4 is 34.0 Å². The lowest BCUT2D eigenvalue weighted by atomic mass is 10.0. The minimum absolute atomic E-state index is 0.125. The van der Waals surface area contributed by atoms with E-state index in [0.29, 0.717) is 10.9 Å². The first-order valence-electron chi connectivity index (χ1n) is 11.9. The quantitative estimate of drug-likeness (QED) is 0.238. The Labute approximate surface area is 227 Å². The molecule has 202 valence electrons. The van der Waals surface area contributed by atoms with Crippen LogP contribution < -0.4 is 20.7 Å². The van der Waals surface area contributed by atoms with Gasteiger partial charge in [-0.05, 0) is 47.5 Å². The molecule has 0 saturated heterocycles. The van der Waals surface area contributed by atoms with Crippen LogP contribution in [0.1, 0.15) is 27.2 Å². The standard InChI is InChI=1S/C28H25F3N4O3S/c1-38-22-12-10-21(11-13-22)33-27-35-24(17-39-27)26(37)34-23(15-18-6-3-2-4-7-18)25(36)32-16-19-8-5-9-20(14-19)28(29,30)31/h2-14,17,23H,15-16H2,1H3,(H,32,36)(H,33,35)(H,34,37)/t23-/m0/s1. The molecule has 0 spiro atoms. The summed E-state index contributed by atoms with van der Waals surface area (Å²) in [7, 11) is 1.57. The number of methoxy groups -OCH3 is 1. The van der Waals surface area contributed by atoms with Crippen molar-refractivity contribution in [3.8, 4) is 5.75 Å². The fraction of sp³-hybridized carbons (Fsp3) is 0.179. The minimum Gasteiger partial charge on any atom is -0.497 e. The molecule has 0 aliphatic carbocycles. The fourth-order valence-electron chi connectivity index (χ4n) is 3.69. The monoisotopic (exact) mass is 554 g/mol. The van der Waals surface area contributed by atoms with Crippen molar-refractivity contribution in [1.82, 2.24) is 15.6 Å². The zero-order valence-corrected chi connectivity index (χ0v) is 21.6. The van der Waals surface area contributed by atoms with Crippen molar-refractivity contribution in [2.45, 2.75) is 25.2 Å². The van der Waals surface area contributed by atoms with E-state index in [0.717, 1.165) is 23.4 Å². The third-order valence-corrected chi connectivity index (χ3v) is 6.46. The number of hydrogen-bond acceptors (Lipinski definition) is 6. The van der Waals surface area contributed by atoms with Crippen LogP contribution in [0.2, 0.25) is 0 Å². The molecule has 0 aliphatic heterocycles. The lowest BCUT2D eigenvalue weighted by Crippen LogP contribution is -2.48. The summed E-state index contributed by atoms with van der Waals surface area (Å²) in [5.74, 6) is -0.379. The van der Waals surface area contributed by atoms with Crippen LogP contribution in [0.5, 0.6) is 5.75 Å². The second kappa shape index (κ2) is 12.4. The summed E-state index contributed by atoms with van der Waals surface area (Å²) in [5, 5.41) is 10.5. The average Bonchev–Trinajstić information content (AvgIpc) is 3.40. The van der Waals surface area contributed by atoms with Gasteiger partial charge in [0.25, 0.3) is 5.91 Å². The van der Waals surface area contributed by atoms with Crippen LogP contribution in [-0.4, -0.2) is 29.9 Å². The molecule has 4 rings (SSSR count). The lowest BCUT2D eigenvalue weighted by molar-refractivity contribution is -0.137. The number of carbonyl (C=O) groups excluding carboxylic acids is 2. The van der Waals surface area contributed by atoms with Crippen LogP contribution >= 0.6 is 11.3 Å². The number of carbonyl (C=O) groups is 2. The highest BCUT2D eigenvalue weighted by molar-refractivity contribution is 7.14. The van der Waals surface area contributed by atoms with Gasteiger partial charge < -0.3 is 20.7 Å². The summed E-state index contributed by atoms with van der Waals surface area (Å²) in [4.78, 5) is 30.4. The topological polar surface area (TPSA) is 92.3 Å². The first-order chi connectivity index (χ1) is 18.7. The number of rotatable bonds is 10. The molecule has 2 amide bonds. The average molecular weight is 555 g/mol. The molecule has 7 nitrogen and oxygen atoms in total. The molecule has 0 bridgehead atoms. The first kappa shape index (κ1) is 27.6. The second-order valence-corrected chi connectivity index (χ2v) is 9.38. The second-order valence-electron chi connectivity index (χ2n) is 8.52. The third kappa shape index (κ3) is 7.81. The van der Waals surface area contributed by atoms with E-state index in [-0.39, 0.29) is 24.2 Å². The number of nitrogens with zero attached hydrogens (tertiary/aromatic N) is 1. The van der Waals surface area contributed by atoms with E-state index in [1.165, 1.54) is 23.5 Å². The summed E-state index contributed by atoms with van der Waals surface area (Å²) in [6.07, 6.45) is -4.31. The molecular weight excluding hydrogens is 529 g/mol. The highest BCUT2D eigenvalue weighted by Gasteiger charge is 2.30. The number of ether oxygens (including phenoxy) is 1. The lowest BCUT2D eigenvalue weighted by Gasteiger charge is -2.18. The van der Waals surface area contributed by atoms with E-state index in [1.807, 2.05) is 42.5 Å². The Bertz CT molecular complexity index is 1410. The molecule has 0 aliphatic rings. The fourth-order valence-corrected chi connectivity index (χ4v) is 4.41. The molecule has 1 heterocycles. The highest BCUT2D eigenvalue weighted by atomic mass is 32.1. The maximum Gasteiger partial charge on any atom is 0.416 e. The van der Waals surface area contributed by atoms with Crippen molar-refractivity contribution in [1.29, 1.82) is 0 Å². The number of anilines is 2. The normalized spacial score (nSPS) is 11.9. The minimum atomic E-state index is -4.49. The summed E-state index contributed by atoms with van der Waals surface area (Å²) >= 11 is 1.23. The number of alkyl halides is 3. The predicted molar refractivity (Wildman–Crippen MR) is 143 cm³/mol. The number of benzene rings is 3. The van der Waals surface area contributed by atoms with Gasteiger partial charge in [0.1, 0.15) is 17.5 Å². The number of halogens is 3. The van der Waals surface area contributed by atoms with Crippen LogP contribution in [0.25, 0.3) is 0 Å². The third-order valence-electron chi connectivity index (χ3n) is 5.70. The number of hydrogen-bond donors (Lipinski definition) is 3. The van der Waals surface area contributed by atoms with Crippen molar-refractivity contribution in [2.24, 2.45) is 0 Å². The van der Waals surface area contributed by atoms with Gasteiger partial charge in [0.05, 0.1) is 12.7 Å². The highest BCUT2D eigenvalue weighted by Crippen LogP contribution is 2.29. The number of aromatic nitrogens is 1. The van der Waals surface area contributed by atoms with E-state index >= 15 is 0 Å². The zero-order valence-electron chi connectivity index (χ0n) is 20.8. The van der Waals surface area contributed by atoms with Crippen LogP contribution in [0.4, 0.5) is 24.0 Å². The molecule has 0 fully saturated rings. The maximum absolute atomic E-state index is 13.1. The Morgan fingerprint density at radius 1 is 0.974 bits per heavy atom. The Kier molecular flexibility index (Phi) is 8.82. The summed E-state index contributed by atoms with van der Waals surface area (Å²) in [5.41, 5.74) is 1.17. The maximum atomic E-state index is 13.1. The summed E-state index contributed by atoms with van der Waals surface area (Å²) in [6, 6.07) is 20.0. The van der Waals surface area contributed by atoms with Crippen LogP contribution in [0, 0.1) is 0 Å². The Morgan fingerprint density at radius 3 is 2.38 bits per heavy atom. The van der Waals surface area contributed by atoms with E-state index < -0.39 is 29.6 Å². The van der Waals surface area contributed by atoms with Gasteiger partial charge in [-0.15, -0.1) is 11.3 Å².